The van der Waals surface area contributed by atoms with Gasteiger partial charge in [0, 0.05) is 11.4 Å². The minimum absolute atomic E-state index is 0.247. The first-order chi connectivity index (χ1) is 12.0. The number of aromatic amines is 1. The Morgan fingerprint density at radius 3 is 2.40 bits per heavy atom. The van der Waals surface area contributed by atoms with Crippen molar-refractivity contribution in [1.82, 2.24) is 4.98 Å². The minimum atomic E-state index is -0.599. The number of nitrogens with two attached hydrogens (primary N) is 1. The molecule has 4 N–H and O–H groups in total. The number of esters is 1. The molecule has 0 bridgehead atoms. The summed E-state index contributed by atoms with van der Waals surface area (Å²) in [6, 6.07) is 7.38. The van der Waals surface area contributed by atoms with E-state index in [9.17, 15) is 9.59 Å². The number of aromatic nitrogens is 1. The fourth-order valence-corrected chi connectivity index (χ4v) is 2.64. The molecule has 2 rings (SSSR count). The molecule has 7 heteroatoms. The summed E-state index contributed by atoms with van der Waals surface area (Å²) in [5, 5.41) is 3.21. The van der Waals surface area contributed by atoms with Crippen LogP contribution in [0.4, 0.5) is 5.69 Å². The van der Waals surface area contributed by atoms with Crippen molar-refractivity contribution in [2.45, 2.75) is 26.8 Å². The molecule has 0 radical (unpaired) electrons. The van der Waals surface area contributed by atoms with Crippen molar-refractivity contribution in [3.05, 3.63) is 46.8 Å². The van der Waals surface area contributed by atoms with Crippen molar-refractivity contribution < 1.29 is 19.1 Å². The van der Waals surface area contributed by atoms with Gasteiger partial charge in [0.2, 0.25) is 0 Å². The number of carbonyl (C=O) groups is 2. The van der Waals surface area contributed by atoms with Gasteiger partial charge in [-0.25, -0.2) is 4.79 Å². The maximum atomic E-state index is 12.3. The highest BCUT2D eigenvalue weighted by Crippen LogP contribution is 2.23. The number of methoxy groups -OCH3 is 1. The van der Waals surface area contributed by atoms with Gasteiger partial charge >= 0.3 is 5.97 Å². The van der Waals surface area contributed by atoms with Crippen molar-refractivity contribution in [3.63, 3.8) is 0 Å². The first kappa shape index (κ1) is 18.4. The largest absolute Gasteiger partial charge is 0.497 e. The van der Waals surface area contributed by atoms with Gasteiger partial charge in [0.15, 0.2) is 0 Å². The Balaban J connectivity index is 2.31. The monoisotopic (exact) mass is 345 g/mol. The topological polar surface area (TPSA) is 106 Å². The quantitative estimate of drug-likeness (QED) is 0.637. The third-order valence-electron chi connectivity index (χ3n) is 3.82. The highest BCUT2D eigenvalue weighted by atomic mass is 16.5. The number of H-pyrrole nitrogens is 1. The molecular weight excluding hydrogens is 322 g/mol. The summed E-state index contributed by atoms with van der Waals surface area (Å²) >= 11 is 0. The van der Waals surface area contributed by atoms with E-state index < -0.39 is 11.9 Å². The molecule has 0 saturated heterocycles. The molecule has 1 aromatic heterocycles. The average molecular weight is 345 g/mol. The molecule has 0 saturated carbocycles. The Morgan fingerprint density at radius 2 is 1.88 bits per heavy atom. The second-order valence-corrected chi connectivity index (χ2v) is 5.35. The van der Waals surface area contributed by atoms with Crippen LogP contribution in [0.1, 0.15) is 46.0 Å². The van der Waals surface area contributed by atoms with Gasteiger partial charge in [-0.3, -0.25) is 4.79 Å². The van der Waals surface area contributed by atoms with E-state index >= 15 is 0 Å². The number of carbonyl (C=O) groups excluding carboxylic acids is 2. The summed E-state index contributed by atoms with van der Waals surface area (Å²) in [6.07, 6.45) is 0.492. The zero-order valence-corrected chi connectivity index (χ0v) is 14.6. The zero-order chi connectivity index (χ0) is 18.4. The number of rotatable bonds is 8. The summed E-state index contributed by atoms with van der Waals surface area (Å²) in [5.74, 6) is -0.311. The van der Waals surface area contributed by atoms with E-state index in [1.54, 1.807) is 14.0 Å². The molecule has 7 nitrogen and oxygen atoms in total. The molecule has 0 aliphatic carbocycles. The van der Waals surface area contributed by atoms with E-state index in [2.05, 4.69) is 10.3 Å². The van der Waals surface area contributed by atoms with E-state index in [1.165, 1.54) is 0 Å². The van der Waals surface area contributed by atoms with E-state index in [4.69, 9.17) is 15.2 Å². The van der Waals surface area contributed by atoms with E-state index in [0.29, 0.717) is 29.8 Å². The van der Waals surface area contributed by atoms with E-state index in [0.717, 1.165) is 11.4 Å². The van der Waals surface area contributed by atoms with Crippen LogP contribution in [0, 0.1) is 0 Å². The van der Waals surface area contributed by atoms with Gasteiger partial charge in [-0.1, -0.05) is 6.92 Å². The molecule has 1 amide bonds. The Hall–Kier alpha value is -2.96. The van der Waals surface area contributed by atoms with Crippen LogP contribution in [0.3, 0.4) is 0 Å². The second-order valence-electron chi connectivity index (χ2n) is 5.35. The molecule has 1 heterocycles. The van der Waals surface area contributed by atoms with Crippen LogP contribution in [0.2, 0.25) is 0 Å². The predicted octanol–water partition coefficient (Wildman–Crippen LogP) is 2.47. The molecule has 25 heavy (non-hydrogen) atoms. The number of benzene rings is 1. The number of nitrogens with one attached hydrogen (secondary N) is 2. The van der Waals surface area contributed by atoms with Gasteiger partial charge in [0.05, 0.1) is 25.8 Å². The van der Waals surface area contributed by atoms with E-state index in [-0.39, 0.29) is 12.3 Å². The maximum Gasteiger partial charge on any atom is 0.340 e. The number of ether oxygens (including phenoxy) is 2. The Morgan fingerprint density at radius 1 is 1.20 bits per heavy atom. The molecule has 0 atom stereocenters. The van der Waals surface area contributed by atoms with Crippen LogP contribution in [0.25, 0.3) is 0 Å². The average Bonchev–Trinajstić information content (AvgIpc) is 2.99. The molecular formula is C18H23N3O4. The van der Waals surface area contributed by atoms with Crippen molar-refractivity contribution in [3.8, 4) is 5.75 Å². The lowest BCUT2D eigenvalue weighted by molar-refractivity contribution is 0.0524. The van der Waals surface area contributed by atoms with Crippen LogP contribution < -0.4 is 15.8 Å². The van der Waals surface area contributed by atoms with Gasteiger partial charge < -0.3 is 25.5 Å². The third kappa shape index (κ3) is 4.12. The fraction of sp³-hybridized carbons (Fsp3) is 0.333. The van der Waals surface area contributed by atoms with Gasteiger partial charge in [0.1, 0.15) is 11.4 Å². The van der Waals surface area contributed by atoms with E-state index in [1.807, 2.05) is 31.2 Å². The molecule has 0 unspecified atom stereocenters. The molecule has 0 aliphatic heterocycles. The molecule has 0 spiro atoms. The number of amides is 1. The second kappa shape index (κ2) is 8.23. The van der Waals surface area contributed by atoms with Crippen molar-refractivity contribution in [2.24, 2.45) is 5.73 Å². The Bertz CT molecular complexity index is 750. The van der Waals surface area contributed by atoms with Gasteiger partial charge in [-0.15, -0.1) is 0 Å². The first-order valence-corrected chi connectivity index (χ1v) is 8.10. The van der Waals surface area contributed by atoms with Crippen molar-refractivity contribution in [2.75, 3.05) is 19.0 Å². The highest BCUT2D eigenvalue weighted by Gasteiger charge is 2.25. The number of primary amides is 1. The molecule has 0 aliphatic rings. The standard InChI is InChI=1S/C18H23N3O4/c1-4-13-15(18(23)25-5-2)14(21-16(13)17(19)22)10-20-11-6-8-12(24-3)9-7-11/h6-9,20-21H,4-5,10H2,1-3H3,(H2,19,22). The molecule has 134 valence electrons. The van der Waals surface area contributed by atoms with Gasteiger partial charge in [0.25, 0.3) is 5.91 Å². The summed E-state index contributed by atoms with van der Waals surface area (Å²) in [7, 11) is 1.60. The van der Waals surface area contributed by atoms with Crippen molar-refractivity contribution >= 4 is 17.6 Å². The lowest BCUT2D eigenvalue weighted by Gasteiger charge is -2.09. The SMILES string of the molecule is CCOC(=O)c1c(CNc2ccc(OC)cc2)[nH]c(C(N)=O)c1CC. The number of anilines is 1. The maximum absolute atomic E-state index is 12.3. The smallest absolute Gasteiger partial charge is 0.340 e. The zero-order valence-electron chi connectivity index (χ0n) is 14.6. The summed E-state index contributed by atoms with van der Waals surface area (Å²) in [4.78, 5) is 27.0. The van der Waals surface area contributed by atoms with Gasteiger partial charge in [-0.05, 0) is 43.2 Å². The molecule has 0 fully saturated rings. The molecule has 1 aromatic carbocycles. The van der Waals surface area contributed by atoms with Gasteiger partial charge in [-0.2, -0.15) is 0 Å². The van der Waals surface area contributed by atoms with Crippen LogP contribution in [-0.4, -0.2) is 30.6 Å². The van der Waals surface area contributed by atoms with Crippen LogP contribution in [0.5, 0.6) is 5.75 Å². The lowest BCUT2D eigenvalue weighted by atomic mass is 10.1. The Labute approximate surface area is 146 Å². The third-order valence-corrected chi connectivity index (χ3v) is 3.82. The number of hydrogen-bond acceptors (Lipinski definition) is 5. The number of hydrogen-bond donors (Lipinski definition) is 3. The lowest BCUT2D eigenvalue weighted by Crippen LogP contribution is -2.14. The Kier molecular flexibility index (Phi) is 6.05. The van der Waals surface area contributed by atoms with Crippen LogP contribution >= 0.6 is 0 Å². The first-order valence-electron chi connectivity index (χ1n) is 8.10. The van der Waals surface area contributed by atoms with Crippen LogP contribution in [-0.2, 0) is 17.7 Å². The fourth-order valence-electron chi connectivity index (χ4n) is 2.64. The highest BCUT2D eigenvalue weighted by molar-refractivity contribution is 6.00. The summed E-state index contributed by atoms with van der Waals surface area (Å²) < 4.78 is 10.3. The molecule has 2 aromatic rings. The predicted molar refractivity (Wildman–Crippen MR) is 95.0 cm³/mol. The summed E-state index contributed by atoms with van der Waals surface area (Å²) in [5.41, 5.74) is 8.05. The summed E-state index contributed by atoms with van der Waals surface area (Å²) in [6.45, 7) is 4.17. The van der Waals surface area contributed by atoms with Crippen LogP contribution in [0.15, 0.2) is 24.3 Å². The normalized spacial score (nSPS) is 10.4. The van der Waals surface area contributed by atoms with Crippen molar-refractivity contribution in [1.29, 1.82) is 0 Å². The minimum Gasteiger partial charge on any atom is -0.497 e.